The molecule has 6 nitrogen and oxygen atoms in total. The predicted octanol–water partition coefficient (Wildman–Crippen LogP) is 4.46. The standard InChI is InChI=1S/C26H41NO5/c1-2-3-4-5-6-7-8-9-10-11-12-13-18-23(29)24(30)22(19-28)27-25(31)20-16-14-15-17-21(20)26(27)32/h14-17,22-24,28-30H,2-13,18-19H2,1H3/t22-,23-,24-/m0/s1. The van der Waals surface area contributed by atoms with Crippen LogP contribution in [0.25, 0.3) is 0 Å². The summed E-state index contributed by atoms with van der Waals surface area (Å²) in [5.41, 5.74) is 0.525. The number of fused-ring (bicyclic) bond motifs is 1. The fraction of sp³-hybridized carbons (Fsp3) is 0.692. The van der Waals surface area contributed by atoms with Crippen LogP contribution >= 0.6 is 0 Å². The van der Waals surface area contributed by atoms with Crippen LogP contribution in [0.4, 0.5) is 0 Å². The molecule has 0 aromatic heterocycles. The van der Waals surface area contributed by atoms with Crippen molar-refractivity contribution in [1.82, 2.24) is 4.90 Å². The van der Waals surface area contributed by atoms with Crippen LogP contribution in [-0.2, 0) is 0 Å². The van der Waals surface area contributed by atoms with E-state index in [1.54, 1.807) is 24.3 Å². The third-order valence-electron chi connectivity index (χ3n) is 6.49. The molecule has 2 rings (SSSR count). The Morgan fingerprint density at radius 3 is 1.62 bits per heavy atom. The molecule has 1 aromatic rings. The van der Waals surface area contributed by atoms with E-state index in [-0.39, 0.29) is 11.1 Å². The number of imide groups is 1. The molecule has 1 aliphatic rings. The van der Waals surface area contributed by atoms with Crippen molar-refractivity contribution in [2.24, 2.45) is 0 Å². The third kappa shape index (κ3) is 7.39. The van der Waals surface area contributed by atoms with E-state index in [0.29, 0.717) is 6.42 Å². The molecule has 0 unspecified atom stereocenters. The van der Waals surface area contributed by atoms with Crippen molar-refractivity contribution in [2.75, 3.05) is 6.61 Å². The first kappa shape index (κ1) is 26.5. The second-order valence-electron chi connectivity index (χ2n) is 9.01. The van der Waals surface area contributed by atoms with Gasteiger partial charge in [0.1, 0.15) is 6.10 Å². The Labute approximate surface area is 192 Å². The molecule has 0 bridgehead atoms. The summed E-state index contributed by atoms with van der Waals surface area (Å²) in [6, 6.07) is 5.29. The minimum absolute atomic E-state index is 0.263. The smallest absolute Gasteiger partial charge is 0.261 e. The topological polar surface area (TPSA) is 98.1 Å². The van der Waals surface area contributed by atoms with E-state index in [9.17, 15) is 24.9 Å². The molecule has 0 aliphatic carbocycles. The molecule has 6 heteroatoms. The molecule has 0 saturated heterocycles. The quantitative estimate of drug-likeness (QED) is 0.242. The van der Waals surface area contributed by atoms with Crippen LogP contribution in [0.2, 0.25) is 0 Å². The minimum atomic E-state index is -1.38. The number of benzene rings is 1. The molecule has 2 amide bonds. The maximum absolute atomic E-state index is 12.6. The molecular weight excluding hydrogens is 406 g/mol. The normalized spacial score (nSPS) is 16.3. The highest BCUT2D eigenvalue weighted by atomic mass is 16.3. The number of aliphatic hydroxyl groups excluding tert-OH is 3. The van der Waals surface area contributed by atoms with Gasteiger partial charge in [0, 0.05) is 0 Å². The van der Waals surface area contributed by atoms with Gasteiger partial charge in [0.2, 0.25) is 0 Å². The number of amides is 2. The van der Waals surface area contributed by atoms with Crippen LogP contribution in [0.1, 0.15) is 111 Å². The van der Waals surface area contributed by atoms with Gasteiger partial charge in [0.05, 0.1) is 29.9 Å². The Morgan fingerprint density at radius 1 is 0.750 bits per heavy atom. The highest BCUT2D eigenvalue weighted by molar-refractivity contribution is 6.21. The maximum Gasteiger partial charge on any atom is 0.261 e. The minimum Gasteiger partial charge on any atom is -0.394 e. The second kappa shape index (κ2) is 14.4. The third-order valence-corrected chi connectivity index (χ3v) is 6.49. The number of hydrogen-bond acceptors (Lipinski definition) is 5. The van der Waals surface area contributed by atoms with E-state index < -0.39 is 36.7 Å². The Morgan fingerprint density at radius 2 is 1.19 bits per heavy atom. The van der Waals surface area contributed by atoms with E-state index in [4.69, 9.17) is 0 Å². The average Bonchev–Trinajstić information content (AvgIpc) is 3.05. The molecule has 32 heavy (non-hydrogen) atoms. The van der Waals surface area contributed by atoms with Crippen molar-refractivity contribution < 1.29 is 24.9 Å². The molecule has 3 atom stereocenters. The maximum atomic E-state index is 12.6. The molecule has 0 fully saturated rings. The van der Waals surface area contributed by atoms with Crippen molar-refractivity contribution in [3.63, 3.8) is 0 Å². The molecular formula is C26H41NO5. The summed E-state index contributed by atoms with van der Waals surface area (Å²) >= 11 is 0. The molecule has 1 heterocycles. The average molecular weight is 448 g/mol. The van der Waals surface area contributed by atoms with Crippen molar-refractivity contribution in [2.45, 2.75) is 109 Å². The highest BCUT2D eigenvalue weighted by Gasteiger charge is 2.43. The number of aliphatic hydroxyl groups is 3. The molecule has 0 radical (unpaired) electrons. The van der Waals surface area contributed by atoms with Crippen LogP contribution < -0.4 is 0 Å². The fourth-order valence-electron chi connectivity index (χ4n) is 4.47. The Kier molecular flexibility index (Phi) is 11.9. The lowest BCUT2D eigenvalue weighted by atomic mass is 9.98. The summed E-state index contributed by atoms with van der Waals surface area (Å²) in [6.45, 7) is 1.64. The van der Waals surface area contributed by atoms with Gasteiger partial charge in [-0.3, -0.25) is 14.5 Å². The largest absolute Gasteiger partial charge is 0.394 e. The molecule has 0 saturated carbocycles. The lowest BCUT2D eigenvalue weighted by molar-refractivity contribution is -0.0441. The number of carbonyl (C=O) groups is 2. The lowest BCUT2D eigenvalue weighted by Crippen LogP contribution is -2.53. The second-order valence-corrected chi connectivity index (χ2v) is 9.01. The van der Waals surface area contributed by atoms with Crippen LogP contribution in [0.3, 0.4) is 0 Å². The molecule has 3 N–H and O–H groups in total. The summed E-state index contributed by atoms with van der Waals surface area (Å²) in [6.07, 6.45) is 12.4. The molecule has 1 aromatic carbocycles. The predicted molar refractivity (Wildman–Crippen MR) is 126 cm³/mol. The zero-order chi connectivity index (χ0) is 23.3. The first-order valence-electron chi connectivity index (χ1n) is 12.5. The van der Waals surface area contributed by atoms with Gasteiger partial charge >= 0.3 is 0 Å². The molecule has 0 spiro atoms. The van der Waals surface area contributed by atoms with Gasteiger partial charge in [-0.1, -0.05) is 96.1 Å². The summed E-state index contributed by atoms with van der Waals surface area (Å²) in [4.78, 5) is 26.1. The highest BCUT2D eigenvalue weighted by Crippen LogP contribution is 2.26. The summed E-state index contributed by atoms with van der Waals surface area (Å²) < 4.78 is 0. The summed E-state index contributed by atoms with van der Waals surface area (Å²) in [7, 11) is 0. The van der Waals surface area contributed by atoms with Crippen LogP contribution in [0.15, 0.2) is 24.3 Å². The van der Waals surface area contributed by atoms with Gasteiger partial charge in [-0.05, 0) is 18.6 Å². The number of hydrogen-bond donors (Lipinski definition) is 3. The van der Waals surface area contributed by atoms with Gasteiger partial charge in [0.15, 0.2) is 0 Å². The number of carbonyl (C=O) groups excluding carboxylic acids is 2. The lowest BCUT2D eigenvalue weighted by Gasteiger charge is -2.31. The SMILES string of the molecule is CCCCCCCCCCCCCC[C@H](O)[C@@H](O)[C@H](CO)N1C(=O)c2ccccc2C1=O. The van der Waals surface area contributed by atoms with Crippen LogP contribution in [-0.4, -0.2) is 56.9 Å². The summed E-state index contributed by atoms with van der Waals surface area (Å²) in [5.74, 6) is -1.08. The monoisotopic (exact) mass is 447 g/mol. The van der Waals surface area contributed by atoms with Gasteiger partial charge < -0.3 is 15.3 Å². The number of nitrogens with zero attached hydrogens (tertiary/aromatic N) is 1. The van der Waals surface area contributed by atoms with Crippen molar-refractivity contribution >= 4 is 11.8 Å². The Hall–Kier alpha value is -1.76. The Bertz CT molecular complexity index is 672. The van der Waals surface area contributed by atoms with Gasteiger partial charge in [-0.15, -0.1) is 0 Å². The molecule has 1 aliphatic heterocycles. The van der Waals surface area contributed by atoms with E-state index in [2.05, 4.69) is 6.92 Å². The van der Waals surface area contributed by atoms with Gasteiger partial charge in [-0.25, -0.2) is 0 Å². The molecule has 180 valence electrons. The van der Waals surface area contributed by atoms with E-state index in [1.165, 1.54) is 57.8 Å². The van der Waals surface area contributed by atoms with Crippen LogP contribution in [0, 0.1) is 0 Å². The zero-order valence-corrected chi connectivity index (χ0v) is 19.5. The van der Waals surface area contributed by atoms with Crippen molar-refractivity contribution in [3.8, 4) is 0 Å². The first-order chi connectivity index (χ1) is 15.5. The van der Waals surface area contributed by atoms with Crippen LogP contribution in [0.5, 0.6) is 0 Å². The zero-order valence-electron chi connectivity index (χ0n) is 19.5. The number of rotatable bonds is 17. The van der Waals surface area contributed by atoms with E-state index >= 15 is 0 Å². The first-order valence-corrected chi connectivity index (χ1v) is 12.5. The van der Waals surface area contributed by atoms with E-state index in [1.807, 2.05) is 0 Å². The van der Waals surface area contributed by atoms with E-state index in [0.717, 1.165) is 24.2 Å². The van der Waals surface area contributed by atoms with Crippen molar-refractivity contribution in [3.05, 3.63) is 35.4 Å². The Balaban J connectivity index is 1.65. The fourth-order valence-corrected chi connectivity index (χ4v) is 4.47. The van der Waals surface area contributed by atoms with Crippen molar-refractivity contribution in [1.29, 1.82) is 0 Å². The van der Waals surface area contributed by atoms with Gasteiger partial charge in [-0.2, -0.15) is 0 Å². The van der Waals surface area contributed by atoms with Gasteiger partial charge in [0.25, 0.3) is 11.8 Å². The summed E-state index contributed by atoms with van der Waals surface area (Å²) in [5, 5.41) is 30.8. The number of unbranched alkanes of at least 4 members (excludes halogenated alkanes) is 11.